The van der Waals surface area contributed by atoms with Gasteiger partial charge in [0, 0.05) is 30.9 Å². The van der Waals surface area contributed by atoms with E-state index in [9.17, 15) is 14.4 Å². The van der Waals surface area contributed by atoms with E-state index >= 15 is 0 Å². The summed E-state index contributed by atoms with van der Waals surface area (Å²) >= 11 is 0. The Morgan fingerprint density at radius 1 is 1.19 bits per heavy atom. The van der Waals surface area contributed by atoms with Gasteiger partial charge in [0.05, 0.1) is 5.56 Å². The molecule has 0 bridgehead atoms. The predicted molar refractivity (Wildman–Crippen MR) is 91.4 cm³/mol. The van der Waals surface area contributed by atoms with Gasteiger partial charge < -0.3 is 24.5 Å². The average molecular weight is 358 g/mol. The van der Waals surface area contributed by atoms with Crippen LogP contribution in [0.1, 0.15) is 33.8 Å². The van der Waals surface area contributed by atoms with E-state index < -0.39 is 11.9 Å². The third kappa shape index (κ3) is 4.21. The summed E-state index contributed by atoms with van der Waals surface area (Å²) in [6.07, 6.45) is 3.04. The monoisotopic (exact) mass is 358 g/mol. The number of carboxylic acid groups (broad SMARTS) is 1. The fourth-order valence-electron chi connectivity index (χ4n) is 2.63. The van der Waals surface area contributed by atoms with Gasteiger partial charge >= 0.3 is 5.97 Å². The molecular weight excluding hydrogens is 340 g/mol. The number of carboxylic acids is 1. The highest BCUT2D eigenvalue weighted by Crippen LogP contribution is 2.19. The van der Waals surface area contributed by atoms with Gasteiger partial charge in [-0.3, -0.25) is 9.59 Å². The number of aromatic carboxylic acids is 1. The molecule has 8 nitrogen and oxygen atoms in total. The van der Waals surface area contributed by atoms with E-state index in [4.69, 9.17) is 14.3 Å². The number of benzene rings is 1. The molecule has 1 aliphatic rings. The molecule has 3 rings (SSSR count). The van der Waals surface area contributed by atoms with Crippen molar-refractivity contribution in [1.29, 1.82) is 0 Å². The maximum absolute atomic E-state index is 12.1. The summed E-state index contributed by atoms with van der Waals surface area (Å²) in [5.41, 5.74) is 0.335. The number of carbonyl (C=O) groups excluding carboxylic acids is 2. The first-order chi connectivity index (χ1) is 12.5. The van der Waals surface area contributed by atoms with Gasteiger partial charge in [0.1, 0.15) is 12.0 Å². The quantitative estimate of drug-likeness (QED) is 0.820. The standard InChI is InChI=1S/C18H18N2O6/c21-16(20-6-1-2-7-20)11-25-14-5-3-4-13(9-14)19-17(22)15-8-12(10-26-15)18(23)24/h3-5,8-10H,1-2,6-7,11H2,(H,19,22)(H,23,24). The normalized spacial score (nSPS) is 13.5. The van der Waals surface area contributed by atoms with Crippen molar-refractivity contribution in [2.75, 3.05) is 25.0 Å². The predicted octanol–water partition coefficient (Wildman–Crippen LogP) is 2.23. The van der Waals surface area contributed by atoms with Crippen LogP contribution in [0.3, 0.4) is 0 Å². The Bertz CT molecular complexity index is 823. The first-order valence-electron chi connectivity index (χ1n) is 8.17. The number of rotatable bonds is 6. The molecule has 0 radical (unpaired) electrons. The summed E-state index contributed by atoms with van der Waals surface area (Å²) in [5, 5.41) is 11.4. The lowest BCUT2D eigenvalue weighted by molar-refractivity contribution is -0.132. The Morgan fingerprint density at radius 3 is 2.65 bits per heavy atom. The maximum atomic E-state index is 12.1. The van der Waals surface area contributed by atoms with Crippen molar-refractivity contribution in [2.45, 2.75) is 12.8 Å². The smallest absolute Gasteiger partial charge is 0.338 e. The van der Waals surface area contributed by atoms with Crippen LogP contribution in [-0.2, 0) is 4.79 Å². The molecule has 2 heterocycles. The highest BCUT2D eigenvalue weighted by Gasteiger charge is 2.18. The lowest BCUT2D eigenvalue weighted by Crippen LogP contribution is -2.32. The van der Waals surface area contributed by atoms with Crippen molar-refractivity contribution >= 4 is 23.5 Å². The Hall–Kier alpha value is -3.29. The Kier molecular flexibility index (Phi) is 5.21. The third-order valence-corrected chi connectivity index (χ3v) is 3.98. The molecule has 2 aromatic rings. The summed E-state index contributed by atoms with van der Waals surface area (Å²) in [6, 6.07) is 7.73. The van der Waals surface area contributed by atoms with Gasteiger partial charge in [-0.05, 0) is 25.0 Å². The number of likely N-dealkylation sites (tertiary alicyclic amines) is 1. The van der Waals surface area contributed by atoms with E-state index in [1.54, 1.807) is 29.2 Å². The molecule has 2 N–H and O–H groups in total. The van der Waals surface area contributed by atoms with Crippen LogP contribution >= 0.6 is 0 Å². The van der Waals surface area contributed by atoms with Crippen LogP contribution in [0.4, 0.5) is 5.69 Å². The van der Waals surface area contributed by atoms with Crippen molar-refractivity contribution < 1.29 is 28.6 Å². The number of anilines is 1. The Balaban J connectivity index is 1.58. The molecule has 1 fully saturated rings. The minimum absolute atomic E-state index is 0.0580. The second-order valence-corrected chi connectivity index (χ2v) is 5.86. The van der Waals surface area contributed by atoms with E-state index in [1.807, 2.05) is 0 Å². The lowest BCUT2D eigenvalue weighted by atomic mass is 10.2. The SMILES string of the molecule is O=C(O)c1coc(C(=O)Nc2cccc(OCC(=O)N3CCCC3)c2)c1. The number of hydrogen-bond donors (Lipinski definition) is 2. The lowest BCUT2D eigenvalue weighted by Gasteiger charge is -2.15. The number of hydrogen-bond acceptors (Lipinski definition) is 5. The number of carbonyl (C=O) groups is 3. The molecule has 136 valence electrons. The zero-order valence-electron chi connectivity index (χ0n) is 13.9. The minimum atomic E-state index is -1.18. The van der Waals surface area contributed by atoms with Crippen molar-refractivity contribution in [3.05, 3.63) is 47.9 Å². The van der Waals surface area contributed by atoms with Crippen LogP contribution < -0.4 is 10.1 Å². The van der Waals surface area contributed by atoms with Gasteiger partial charge in [0.15, 0.2) is 12.4 Å². The molecule has 1 saturated heterocycles. The topological polar surface area (TPSA) is 109 Å². The first-order valence-corrected chi connectivity index (χ1v) is 8.17. The maximum Gasteiger partial charge on any atom is 0.338 e. The molecule has 8 heteroatoms. The first kappa shape index (κ1) is 17.5. The van der Waals surface area contributed by atoms with E-state index in [2.05, 4.69) is 5.32 Å². The van der Waals surface area contributed by atoms with E-state index in [-0.39, 0.29) is 23.8 Å². The second kappa shape index (κ2) is 7.73. The molecule has 0 saturated carbocycles. The molecule has 0 spiro atoms. The van der Waals surface area contributed by atoms with Gasteiger partial charge in [-0.2, -0.15) is 0 Å². The Labute approximate surface area is 149 Å². The fraction of sp³-hybridized carbons (Fsp3) is 0.278. The van der Waals surface area contributed by atoms with Gasteiger partial charge in [-0.15, -0.1) is 0 Å². The van der Waals surface area contributed by atoms with Crippen LogP contribution in [-0.4, -0.2) is 47.5 Å². The van der Waals surface area contributed by atoms with Gasteiger partial charge in [0.25, 0.3) is 11.8 Å². The molecule has 2 amide bonds. The molecule has 1 aromatic carbocycles. The Morgan fingerprint density at radius 2 is 1.96 bits per heavy atom. The summed E-state index contributed by atoms with van der Waals surface area (Å²) in [7, 11) is 0. The molecular formula is C18H18N2O6. The van der Waals surface area contributed by atoms with Crippen LogP contribution in [0, 0.1) is 0 Å². The van der Waals surface area contributed by atoms with E-state index in [1.165, 1.54) is 0 Å². The molecule has 26 heavy (non-hydrogen) atoms. The van der Waals surface area contributed by atoms with Crippen molar-refractivity contribution in [2.24, 2.45) is 0 Å². The number of amides is 2. The average Bonchev–Trinajstić information content (AvgIpc) is 3.31. The summed E-state index contributed by atoms with van der Waals surface area (Å²) in [6.45, 7) is 1.47. The highest BCUT2D eigenvalue weighted by molar-refractivity contribution is 6.03. The minimum Gasteiger partial charge on any atom is -0.484 e. The molecule has 0 aliphatic carbocycles. The van der Waals surface area contributed by atoms with Crippen LogP contribution in [0.2, 0.25) is 0 Å². The van der Waals surface area contributed by atoms with Gasteiger partial charge in [0.2, 0.25) is 0 Å². The van der Waals surface area contributed by atoms with Crippen LogP contribution in [0.5, 0.6) is 5.75 Å². The zero-order valence-corrected chi connectivity index (χ0v) is 13.9. The molecule has 0 unspecified atom stereocenters. The highest BCUT2D eigenvalue weighted by atomic mass is 16.5. The fourth-order valence-corrected chi connectivity index (χ4v) is 2.63. The number of furan rings is 1. The molecule has 1 aliphatic heterocycles. The largest absolute Gasteiger partial charge is 0.484 e. The summed E-state index contributed by atoms with van der Waals surface area (Å²) < 4.78 is 10.5. The third-order valence-electron chi connectivity index (χ3n) is 3.98. The van der Waals surface area contributed by atoms with Gasteiger partial charge in [-0.1, -0.05) is 6.07 Å². The van der Waals surface area contributed by atoms with Crippen LogP contribution in [0.25, 0.3) is 0 Å². The summed E-state index contributed by atoms with van der Waals surface area (Å²) in [4.78, 5) is 36.7. The number of nitrogens with one attached hydrogen (secondary N) is 1. The second-order valence-electron chi connectivity index (χ2n) is 5.86. The van der Waals surface area contributed by atoms with E-state index in [0.717, 1.165) is 38.3 Å². The van der Waals surface area contributed by atoms with Gasteiger partial charge in [-0.25, -0.2) is 4.79 Å². The summed E-state index contributed by atoms with van der Waals surface area (Å²) in [5.74, 6) is -1.48. The molecule has 1 aromatic heterocycles. The van der Waals surface area contributed by atoms with Crippen molar-refractivity contribution in [3.63, 3.8) is 0 Å². The number of nitrogens with zero attached hydrogens (tertiary/aromatic N) is 1. The van der Waals surface area contributed by atoms with Crippen molar-refractivity contribution in [3.8, 4) is 5.75 Å². The molecule has 0 atom stereocenters. The number of ether oxygens (including phenoxy) is 1. The van der Waals surface area contributed by atoms with Crippen molar-refractivity contribution in [1.82, 2.24) is 4.90 Å². The zero-order chi connectivity index (χ0) is 18.5. The van der Waals surface area contributed by atoms with E-state index in [0.29, 0.717) is 11.4 Å². The van der Waals surface area contributed by atoms with Crippen LogP contribution in [0.15, 0.2) is 41.0 Å².